The Bertz CT molecular complexity index is 446. The van der Waals surface area contributed by atoms with Crippen LogP contribution in [-0.2, 0) is 6.54 Å². The third-order valence-electron chi connectivity index (χ3n) is 4.12. The van der Waals surface area contributed by atoms with E-state index in [1.165, 1.54) is 25.7 Å². The number of carbonyl (C=O) groups excluding carboxylic acids is 1. The first kappa shape index (κ1) is 14.9. The number of likely N-dealkylation sites (N-methyl/N-ethyl adjacent to an activating group) is 1. The summed E-state index contributed by atoms with van der Waals surface area (Å²) in [4.78, 5) is 13.7. The van der Waals surface area contributed by atoms with Gasteiger partial charge in [0.05, 0.1) is 12.7 Å². The number of hydrogen-bond donors (Lipinski definition) is 2. The number of nitrogens with two attached hydrogens (primary N) is 1. The summed E-state index contributed by atoms with van der Waals surface area (Å²) in [6.07, 6.45) is 6.85. The highest BCUT2D eigenvalue weighted by Crippen LogP contribution is 2.26. The van der Waals surface area contributed by atoms with Crippen molar-refractivity contribution in [2.24, 2.45) is 11.8 Å². The number of nitrogens with zero attached hydrogens (tertiary/aromatic N) is 4. The van der Waals surface area contributed by atoms with Crippen LogP contribution >= 0.6 is 0 Å². The van der Waals surface area contributed by atoms with Crippen LogP contribution in [0.5, 0.6) is 0 Å². The van der Waals surface area contributed by atoms with E-state index >= 15 is 0 Å². The normalized spacial score (nSPS) is 23.0. The first-order valence-electron chi connectivity index (χ1n) is 7.21. The molecule has 0 aromatic carbocycles. The molecule has 7 nitrogen and oxygen atoms in total. The molecular formula is C13H24N6O. The van der Waals surface area contributed by atoms with Gasteiger partial charge in [-0.05, 0) is 25.8 Å². The molecule has 1 saturated carbocycles. The van der Waals surface area contributed by atoms with Crippen LogP contribution in [0.4, 0.5) is 0 Å². The van der Waals surface area contributed by atoms with Gasteiger partial charge >= 0.3 is 0 Å². The Morgan fingerprint density at radius 1 is 1.60 bits per heavy atom. The van der Waals surface area contributed by atoms with E-state index in [2.05, 4.69) is 34.6 Å². The molecule has 1 aromatic rings. The van der Waals surface area contributed by atoms with Crippen molar-refractivity contribution in [3.05, 3.63) is 11.9 Å². The number of amides is 1. The van der Waals surface area contributed by atoms with Gasteiger partial charge in [-0.1, -0.05) is 25.0 Å². The minimum Gasteiger partial charge on any atom is -0.302 e. The Labute approximate surface area is 119 Å². The monoisotopic (exact) mass is 280 g/mol. The highest BCUT2D eigenvalue weighted by molar-refractivity contribution is 5.91. The molecule has 7 heteroatoms. The van der Waals surface area contributed by atoms with Crippen LogP contribution in [0.25, 0.3) is 0 Å². The maximum Gasteiger partial charge on any atom is 0.287 e. The van der Waals surface area contributed by atoms with E-state index in [1.54, 1.807) is 10.9 Å². The van der Waals surface area contributed by atoms with Gasteiger partial charge in [-0.2, -0.15) is 0 Å². The van der Waals surface area contributed by atoms with Crippen molar-refractivity contribution in [2.45, 2.75) is 45.2 Å². The van der Waals surface area contributed by atoms with E-state index < -0.39 is 5.91 Å². The Balaban J connectivity index is 1.82. The Morgan fingerprint density at radius 2 is 2.40 bits per heavy atom. The first-order valence-corrected chi connectivity index (χ1v) is 7.21. The SMILES string of the molecule is CC1CCCC(N(C)CCn2cc(C(=O)NN)nn2)C1. The van der Waals surface area contributed by atoms with Crippen molar-refractivity contribution >= 4 is 5.91 Å². The van der Waals surface area contributed by atoms with Crippen LogP contribution in [0.1, 0.15) is 43.1 Å². The number of nitrogens with one attached hydrogen (secondary N) is 1. The summed E-state index contributed by atoms with van der Waals surface area (Å²) in [7, 11) is 2.16. The predicted octanol–water partition coefficient (Wildman–Crippen LogP) is 0.392. The van der Waals surface area contributed by atoms with E-state index in [4.69, 9.17) is 5.84 Å². The predicted molar refractivity (Wildman–Crippen MR) is 75.7 cm³/mol. The lowest BCUT2D eigenvalue weighted by atomic mass is 9.86. The zero-order valence-corrected chi connectivity index (χ0v) is 12.2. The van der Waals surface area contributed by atoms with Crippen molar-refractivity contribution in [2.75, 3.05) is 13.6 Å². The average Bonchev–Trinajstić information content (AvgIpc) is 2.92. The molecule has 0 spiro atoms. The Hall–Kier alpha value is -1.47. The van der Waals surface area contributed by atoms with Gasteiger partial charge in [0.2, 0.25) is 0 Å². The molecule has 1 aliphatic carbocycles. The molecule has 0 aliphatic heterocycles. The van der Waals surface area contributed by atoms with Gasteiger partial charge in [0, 0.05) is 12.6 Å². The summed E-state index contributed by atoms with van der Waals surface area (Å²) >= 11 is 0. The molecule has 2 atom stereocenters. The second-order valence-corrected chi connectivity index (χ2v) is 5.75. The number of hydrogen-bond acceptors (Lipinski definition) is 5. The minimum absolute atomic E-state index is 0.251. The van der Waals surface area contributed by atoms with Gasteiger partial charge in [-0.25, -0.2) is 5.84 Å². The van der Waals surface area contributed by atoms with Gasteiger partial charge in [0.25, 0.3) is 5.91 Å². The molecule has 1 amide bonds. The number of aromatic nitrogens is 3. The molecule has 1 heterocycles. The zero-order valence-electron chi connectivity index (χ0n) is 12.2. The van der Waals surface area contributed by atoms with Crippen molar-refractivity contribution in [1.82, 2.24) is 25.3 Å². The molecule has 0 bridgehead atoms. The smallest absolute Gasteiger partial charge is 0.287 e. The van der Waals surface area contributed by atoms with Gasteiger partial charge in [0.1, 0.15) is 0 Å². The molecule has 1 fully saturated rings. The maximum absolute atomic E-state index is 11.3. The van der Waals surface area contributed by atoms with E-state index in [9.17, 15) is 4.79 Å². The molecule has 0 saturated heterocycles. The standard InChI is InChI=1S/C13H24N6O/c1-10-4-3-5-11(8-10)18(2)6-7-19-9-12(16-17-19)13(20)15-14/h9-11H,3-8,14H2,1-2H3,(H,15,20). The molecule has 3 N–H and O–H groups in total. The van der Waals surface area contributed by atoms with Crippen molar-refractivity contribution in [3.8, 4) is 0 Å². The molecule has 112 valence electrons. The van der Waals surface area contributed by atoms with Crippen LogP contribution in [0.15, 0.2) is 6.20 Å². The van der Waals surface area contributed by atoms with Crippen LogP contribution in [0.3, 0.4) is 0 Å². The summed E-state index contributed by atoms with van der Waals surface area (Å²) < 4.78 is 1.69. The third-order valence-corrected chi connectivity index (χ3v) is 4.12. The lowest BCUT2D eigenvalue weighted by Gasteiger charge is -2.34. The van der Waals surface area contributed by atoms with Crippen LogP contribution in [0, 0.1) is 5.92 Å². The topological polar surface area (TPSA) is 89.1 Å². The van der Waals surface area contributed by atoms with Gasteiger partial charge in [-0.15, -0.1) is 5.10 Å². The largest absolute Gasteiger partial charge is 0.302 e. The first-order chi connectivity index (χ1) is 9.60. The third kappa shape index (κ3) is 3.77. The second kappa shape index (κ2) is 6.81. The summed E-state index contributed by atoms with van der Waals surface area (Å²) in [5.74, 6) is 5.47. The zero-order chi connectivity index (χ0) is 14.5. The molecule has 2 rings (SSSR count). The molecule has 2 unspecified atom stereocenters. The fraction of sp³-hybridized carbons (Fsp3) is 0.769. The van der Waals surface area contributed by atoms with E-state index in [0.717, 1.165) is 19.0 Å². The van der Waals surface area contributed by atoms with Crippen LogP contribution in [-0.4, -0.2) is 45.4 Å². The fourth-order valence-electron chi connectivity index (χ4n) is 2.83. The average molecular weight is 280 g/mol. The summed E-state index contributed by atoms with van der Waals surface area (Å²) in [5, 5.41) is 7.73. The highest BCUT2D eigenvalue weighted by Gasteiger charge is 2.22. The van der Waals surface area contributed by atoms with Gasteiger partial charge < -0.3 is 4.90 Å². The molecular weight excluding hydrogens is 256 g/mol. The highest BCUT2D eigenvalue weighted by atomic mass is 16.2. The molecule has 20 heavy (non-hydrogen) atoms. The van der Waals surface area contributed by atoms with E-state index in [0.29, 0.717) is 6.04 Å². The van der Waals surface area contributed by atoms with E-state index in [1.807, 2.05) is 0 Å². The van der Waals surface area contributed by atoms with Crippen molar-refractivity contribution in [1.29, 1.82) is 0 Å². The minimum atomic E-state index is -0.411. The van der Waals surface area contributed by atoms with Crippen molar-refractivity contribution < 1.29 is 4.79 Å². The summed E-state index contributed by atoms with van der Waals surface area (Å²) in [6, 6.07) is 0.661. The summed E-state index contributed by atoms with van der Waals surface area (Å²) in [5.41, 5.74) is 2.30. The van der Waals surface area contributed by atoms with Gasteiger partial charge in [0.15, 0.2) is 5.69 Å². The van der Waals surface area contributed by atoms with Gasteiger partial charge in [-0.3, -0.25) is 14.9 Å². The number of hydrazine groups is 1. The fourth-order valence-corrected chi connectivity index (χ4v) is 2.83. The van der Waals surface area contributed by atoms with E-state index in [-0.39, 0.29) is 5.69 Å². The summed E-state index contributed by atoms with van der Waals surface area (Å²) in [6.45, 7) is 3.96. The van der Waals surface area contributed by atoms with Crippen LogP contribution < -0.4 is 11.3 Å². The molecule has 1 aliphatic rings. The Morgan fingerprint density at radius 3 is 3.10 bits per heavy atom. The quantitative estimate of drug-likeness (QED) is 0.463. The van der Waals surface area contributed by atoms with Crippen LogP contribution in [0.2, 0.25) is 0 Å². The number of carbonyl (C=O) groups is 1. The lowest BCUT2D eigenvalue weighted by Crippen LogP contribution is -2.37. The molecule has 0 radical (unpaired) electrons. The second-order valence-electron chi connectivity index (χ2n) is 5.75. The number of rotatable bonds is 5. The number of nitrogen functional groups attached to an aromatic ring is 1. The molecule has 1 aromatic heterocycles. The lowest BCUT2D eigenvalue weighted by molar-refractivity contribution is 0.0948. The van der Waals surface area contributed by atoms with Crippen molar-refractivity contribution in [3.63, 3.8) is 0 Å². The maximum atomic E-state index is 11.3. The Kier molecular flexibility index (Phi) is 5.08.